The number of rotatable bonds is 6. The van der Waals surface area contributed by atoms with Gasteiger partial charge in [-0.2, -0.15) is 0 Å². The zero-order valence-corrected chi connectivity index (χ0v) is 11.9. The van der Waals surface area contributed by atoms with Gasteiger partial charge >= 0.3 is 5.97 Å². The van der Waals surface area contributed by atoms with Gasteiger partial charge in [-0.05, 0) is 23.3 Å². The van der Waals surface area contributed by atoms with E-state index in [0.29, 0.717) is 5.75 Å². The lowest BCUT2D eigenvalue weighted by atomic mass is 10.1. The Labute approximate surface area is 123 Å². The molecule has 4 heteroatoms. The van der Waals surface area contributed by atoms with Crippen molar-refractivity contribution in [1.82, 2.24) is 0 Å². The third-order valence-corrected chi connectivity index (χ3v) is 3.06. The molecule has 0 aliphatic carbocycles. The molecule has 0 saturated carbocycles. The van der Waals surface area contributed by atoms with Crippen molar-refractivity contribution in [2.75, 3.05) is 7.11 Å². The SMILES string of the molecule is COc1cccc(CC(O)C(=O)OCc2ccccc2)c1. The molecule has 21 heavy (non-hydrogen) atoms. The minimum Gasteiger partial charge on any atom is -0.497 e. The number of carbonyl (C=O) groups excluding carboxylic acids is 1. The standard InChI is InChI=1S/C17H18O4/c1-20-15-9-5-8-14(10-15)11-16(18)17(19)21-12-13-6-3-2-4-7-13/h2-10,16,18H,11-12H2,1H3. The number of hydrogen-bond donors (Lipinski definition) is 1. The molecule has 0 amide bonds. The van der Waals surface area contributed by atoms with E-state index < -0.39 is 12.1 Å². The van der Waals surface area contributed by atoms with Gasteiger partial charge in [-0.15, -0.1) is 0 Å². The minimum atomic E-state index is -1.18. The molecule has 0 heterocycles. The van der Waals surface area contributed by atoms with Crippen molar-refractivity contribution in [2.24, 2.45) is 0 Å². The van der Waals surface area contributed by atoms with Crippen LogP contribution < -0.4 is 4.74 Å². The summed E-state index contributed by atoms with van der Waals surface area (Å²) in [5.41, 5.74) is 1.71. The number of aliphatic hydroxyl groups excluding tert-OH is 1. The molecular weight excluding hydrogens is 268 g/mol. The maximum absolute atomic E-state index is 11.8. The normalized spacial score (nSPS) is 11.7. The lowest BCUT2D eigenvalue weighted by Gasteiger charge is -2.11. The Morgan fingerprint density at radius 1 is 1.10 bits per heavy atom. The first kappa shape index (κ1) is 15.1. The van der Waals surface area contributed by atoms with Gasteiger partial charge in [0.05, 0.1) is 7.11 Å². The fourth-order valence-electron chi connectivity index (χ4n) is 1.93. The van der Waals surface area contributed by atoms with Crippen LogP contribution in [0.1, 0.15) is 11.1 Å². The molecule has 1 unspecified atom stereocenters. The van der Waals surface area contributed by atoms with Gasteiger partial charge in [0, 0.05) is 6.42 Å². The molecular formula is C17H18O4. The fourth-order valence-corrected chi connectivity index (χ4v) is 1.93. The molecule has 1 atom stereocenters. The Balaban J connectivity index is 1.87. The second-order valence-corrected chi connectivity index (χ2v) is 4.66. The van der Waals surface area contributed by atoms with Crippen molar-refractivity contribution in [1.29, 1.82) is 0 Å². The van der Waals surface area contributed by atoms with Crippen molar-refractivity contribution in [3.8, 4) is 5.75 Å². The maximum atomic E-state index is 11.8. The van der Waals surface area contributed by atoms with Crippen molar-refractivity contribution >= 4 is 5.97 Å². The van der Waals surface area contributed by atoms with E-state index in [1.54, 1.807) is 13.2 Å². The highest BCUT2D eigenvalue weighted by molar-refractivity contribution is 5.74. The van der Waals surface area contributed by atoms with Crippen LogP contribution >= 0.6 is 0 Å². The average Bonchev–Trinajstić information content (AvgIpc) is 2.53. The molecule has 2 rings (SSSR count). The third-order valence-electron chi connectivity index (χ3n) is 3.06. The van der Waals surface area contributed by atoms with Crippen molar-refractivity contribution in [2.45, 2.75) is 19.1 Å². The smallest absolute Gasteiger partial charge is 0.335 e. The van der Waals surface area contributed by atoms with E-state index in [2.05, 4.69) is 0 Å². The van der Waals surface area contributed by atoms with E-state index in [1.807, 2.05) is 48.5 Å². The van der Waals surface area contributed by atoms with E-state index in [9.17, 15) is 9.90 Å². The minimum absolute atomic E-state index is 0.162. The van der Waals surface area contributed by atoms with Gasteiger partial charge < -0.3 is 14.6 Å². The summed E-state index contributed by atoms with van der Waals surface area (Å²) in [4.78, 5) is 11.8. The van der Waals surface area contributed by atoms with Crippen LogP contribution in [0.25, 0.3) is 0 Å². The Morgan fingerprint density at radius 2 is 1.81 bits per heavy atom. The first-order chi connectivity index (χ1) is 10.2. The third kappa shape index (κ3) is 4.61. The van der Waals surface area contributed by atoms with E-state index in [1.165, 1.54) is 0 Å². The lowest BCUT2D eigenvalue weighted by molar-refractivity contribution is -0.154. The summed E-state index contributed by atoms with van der Waals surface area (Å²) in [5.74, 6) is 0.0685. The summed E-state index contributed by atoms with van der Waals surface area (Å²) in [6, 6.07) is 16.6. The average molecular weight is 286 g/mol. The molecule has 110 valence electrons. The van der Waals surface area contributed by atoms with Crippen LogP contribution in [-0.2, 0) is 22.6 Å². The van der Waals surface area contributed by atoms with Crippen LogP contribution in [0.15, 0.2) is 54.6 Å². The Morgan fingerprint density at radius 3 is 2.52 bits per heavy atom. The summed E-state index contributed by atoms with van der Waals surface area (Å²) in [6.07, 6.45) is -0.981. The van der Waals surface area contributed by atoms with Crippen molar-refractivity contribution in [3.05, 3.63) is 65.7 Å². The van der Waals surface area contributed by atoms with Gasteiger partial charge in [0.15, 0.2) is 6.10 Å². The molecule has 0 aliphatic rings. The topological polar surface area (TPSA) is 55.8 Å². The highest BCUT2D eigenvalue weighted by atomic mass is 16.5. The number of carbonyl (C=O) groups is 1. The van der Waals surface area contributed by atoms with Crippen molar-refractivity contribution in [3.63, 3.8) is 0 Å². The summed E-state index contributed by atoms with van der Waals surface area (Å²) in [6.45, 7) is 0.162. The predicted octanol–water partition coefficient (Wildman–Crippen LogP) is 2.34. The van der Waals surface area contributed by atoms with Crippen LogP contribution in [0.5, 0.6) is 5.75 Å². The van der Waals surface area contributed by atoms with Crippen LogP contribution in [0, 0.1) is 0 Å². The molecule has 0 saturated heterocycles. The Hall–Kier alpha value is -2.33. The van der Waals surface area contributed by atoms with Crippen LogP contribution in [-0.4, -0.2) is 24.3 Å². The second kappa shape index (κ2) is 7.45. The van der Waals surface area contributed by atoms with E-state index in [4.69, 9.17) is 9.47 Å². The first-order valence-corrected chi connectivity index (χ1v) is 6.70. The molecule has 0 aromatic heterocycles. The fraction of sp³-hybridized carbons (Fsp3) is 0.235. The van der Waals surface area contributed by atoms with Gasteiger partial charge in [0.2, 0.25) is 0 Å². The summed E-state index contributed by atoms with van der Waals surface area (Å²) in [7, 11) is 1.57. The van der Waals surface area contributed by atoms with Crippen LogP contribution in [0.2, 0.25) is 0 Å². The molecule has 2 aromatic rings. The van der Waals surface area contributed by atoms with Gasteiger partial charge in [-0.25, -0.2) is 4.79 Å². The second-order valence-electron chi connectivity index (χ2n) is 4.66. The largest absolute Gasteiger partial charge is 0.497 e. The molecule has 0 aliphatic heterocycles. The van der Waals surface area contributed by atoms with E-state index in [-0.39, 0.29) is 13.0 Å². The maximum Gasteiger partial charge on any atom is 0.335 e. The van der Waals surface area contributed by atoms with Gasteiger partial charge in [-0.1, -0.05) is 42.5 Å². The number of aliphatic hydroxyl groups is 1. The Kier molecular flexibility index (Phi) is 5.35. The molecule has 0 radical (unpaired) electrons. The van der Waals surface area contributed by atoms with Gasteiger partial charge in [0.25, 0.3) is 0 Å². The predicted molar refractivity (Wildman–Crippen MR) is 78.9 cm³/mol. The molecule has 0 fully saturated rings. The molecule has 0 spiro atoms. The number of hydrogen-bond acceptors (Lipinski definition) is 4. The number of benzene rings is 2. The lowest BCUT2D eigenvalue weighted by Crippen LogP contribution is -2.25. The summed E-state index contributed by atoms with van der Waals surface area (Å²) < 4.78 is 10.2. The number of ether oxygens (including phenoxy) is 2. The van der Waals surface area contributed by atoms with E-state index >= 15 is 0 Å². The first-order valence-electron chi connectivity index (χ1n) is 6.70. The molecule has 2 aromatic carbocycles. The zero-order chi connectivity index (χ0) is 15.1. The van der Waals surface area contributed by atoms with Gasteiger partial charge in [-0.3, -0.25) is 0 Å². The zero-order valence-electron chi connectivity index (χ0n) is 11.9. The number of esters is 1. The quantitative estimate of drug-likeness (QED) is 0.828. The summed E-state index contributed by atoms with van der Waals surface area (Å²) in [5, 5.41) is 9.90. The van der Waals surface area contributed by atoms with Gasteiger partial charge in [0.1, 0.15) is 12.4 Å². The molecule has 4 nitrogen and oxygen atoms in total. The number of methoxy groups -OCH3 is 1. The summed E-state index contributed by atoms with van der Waals surface area (Å²) >= 11 is 0. The van der Waals surface area contributed by atoms with E-state index in [0.717, 1.165) is 11.1 Å². The van der Waals surface area contributed by atoms with Crippen molar-refractivity contribution < 1.29 is 19.4 Å². The molecule has 0 bridgehead atoms. The monoisotopic (exact) mass is 286 g/mol. The molecule has 1 N–H and O–H groups in total. The Bertz CT molecular complexity index is 580. The van der Waals surface area contributed by atoms with Crippen LogP contribution in [0.3, 0.4) is 0 Å². The highest BCUT2D eigenvalue weighted by Gasteiger charge is 2.17. The van der Waals surface area contributed by atoms with Crippen LogP contribution in [0.4, 0.5) is 0 Å². The highest BCUT2D eigenvalue weighted by Crippen LogP contribution is 2.14.